The molecule has 25 heavy (non-hydrogen) atoms. The second kappa shape index (κ2) is 6.36. The molecular formula is C17H20N6OS. The van der Waals surface area contributed by atoms with Gasteiger partial charge in [0.05, 0.1) is 26.5 Å². The van der Waals surface area contributed by atoms with E-state index in [9.17, 15) is 4.79 Å². The van der Waals surface area contributed by atoms with Crippen LogP contribution in [0.25, 0.3) is 20.8 Å². The van der Waals surface area contributed by atoms with Crippen molar-refractivity contribution >= 4 is 39.0 Å². The standard InChI is InChI=1S/C17H20N6OS/c1-10(24)23-6-3-11(4-7-23)20-14-9-16(18)21-13-8-15(25-17(13)14)12-2-5-19-22-12/h2,5,8-9,11H,3-4,6-7H2,1H3,(H,19,22)(H3,18,20,21). The fourth-order valence-electron chi connectivity index (χ4n) is 3.23. The largest absolute Gasteiger partial charge is 0.384 e. The van der Waals surface area contributed by atoms with Crippen LogP contribution in [0.2, 0.25) is 0 Å². The molecule has 1 aliphatic heterocycles. The molecule has 1 aliphatic rings. The molecule has 4 rings (SSSR count). The van der Waals surface area contributed by atoms with Crippen molar-refractivity contribution in [1.29, 1.82) is 0 Å². The van der Waals surface area contributed by atoms with Gasteiger partial charge < -0.3 is 16.0 Å². The van der Waals surface area contributed by atoms with Gasteiger partial charge in [-0.15, -0.1) is 11.3 Å². The smallest absolute Gasteiger partial charge is 0.219 e. The van der Waals surface area contributed by atoms with Crippen LogP contribution in [0.15, 0.2) is 24.4 Å². The molecule has 130 valence electrons. The van der Waals surface area contributed by atoms with Gasteiger partial charge in [0.2, 0.25) is 5.91 Å². The van der Waals surface area contributed by atoms with E-state index >= 15 is 0 Å². The molecule has 1 amide bonds. The Morgan fingerprint density at radius 2 is 2.20 bits per heavy atom. The summed E-state index contributed by atoms with van der Waals surface area (Å²) in [5.41, 5.74) is 8.88. The van der Waals surface area contributed by atoms with Gasteiger partial charge in [0, 0.05) is 38.3 Å². The number of H-pyrrole nitrogens is 1. The molecule has 8 heteroatoms. The fourth-order valence-corrected chi connectivity index (χ4v) is 4.28. The lowest BCUT2D eigenvalue weighted by Crippen LogP contribution is -2.41. The summed E-state index contributed by atoms with van der Waals surface area (Å²) in [6.07, 6.45) is 3.60. The SMILES string of the molecule is CC(=O)N1CCC(Nc2cc(N)nc3cc(-c4ccn[nH]4)sc23)CC1. The minimum atomic E-state index is 0.149. The number of thiophene rings is 1. The van der Waals surface area contributed by atoms with Crippen LogP contribution in [0.4, 0.5) is 11.5 Å². The van der Waals surface area contributed by atoms with Crippen LogP contribution in [-0.4, -0.2) is 45.1 Å². The zero-order chi connectivity index (χ0) is 17.4. The minimum absolute atomic E-state index is 0.149. The second-order valence-electron chi connectivity index (χ2n) is 6.31. The van der Waals surface area contributed by atoms with Gasteiger partial charge >= 0.3 is 0 Å². The van der Waals surface area contributed by atoms with Crippen LogP contribution >= 0.6 is 11.3 Å². The topological polar surface area (TPSA) is 99.9 Å². The van der Waals surface area contributed by atoms with Crippen molar-refractivity contribution in [3.8, 4) is 10.6 Å². The molecule has 0 unspecified atom stereocenters. The third-order valence-electron chi connectivity index (χ3n) is 4.56. The number of pyridine rings is 1. The Hall–Kier alpha value is -2.61. The number of carbonyl (C=O) groups is 1. The van der Waals surface area contributed by atoms with Crippen LogP contribution in [0.3, 0.4) is 0 Å². The second-order valence-corrected chi connectivity index (χ2v) is 7.37. The molecular weight excluding hydrogens is 336 g/mol. The number of carbonyl (C=O) groups excluding carboxylic acids is 1. The predicted octanol–water partition coefficient (Wildman–Crippen LogP) is 2.69. The number of nitrogens with zero attached hydrogens (tertiary/aromatic N) is 3. The number of hydrogen-bond acceptors (Lipinski definition) is 6. The monoisotopic (exact) mass is 356 g/mol. The van der Waals surface area contributed by atoms with Crippen LogP contribution in [0.5, 0.6) is 0 Å². The average Bonchev–Trinajstić information content (AvgIpc) is 3.24. The highest BCUT2D eigenvalue weighted by molar-refractivity contribution is 7.22. The van der Waals surface area contributed by atoms with Crippen molar-refractivity contribution in [3.05, 3.63) is 24.4 Å². The maximum atomic E-state index is 11.5. The van der Waals surface area contributed by atoms with Gasteiger partial charge in [-0.2, -0.15) is 5.10 Å². The zero-order valence-electron chi connectivity index (χ0n) is 14.0. The molecule has 3 aromatic rings. The molecule has 4 N–H and O–H groups in total. The molecule has 1 saturated heterocycles. The predicted molar refractivity (Wildman–Crippen MR) is 101 cm³/mol. The molecule has 0 spiro atoms. The Morgan fingerprint density at radius 3 is 2.88 bits per heavy atom. The van der Waals surface area contributed by atoms with E-state index in [-0.39, 0.29) is 5.91 Å². The summed E-state index contributed by atoms with van der Waals surface area (Å²) in [7, 11) is 0. The van der Waals surface area contributed by atoms with Crippen LogP contribution in [0.1, 0.15) is 19.8 Å². The summed E-state index contributed by atoms with van der Waals surface area (Å²) >= 11 is 1.67. The first-order chi connectivity index (χ1) is 12.1. The molecule has 0 saturated carbocycles. The van der Waals surface area contributed by atoms with Crippen molar-refractivity contribution < 1.29 is 4.79 Å². The van der Waals surface area contributed by atoms with E-state index in [1.165, 1.54) is 0 Å². The number of anilines is 2. The Kier molecular flexibility index (Phi) is 4.04. The van der Waals surface area contributed by atoms with E-state index in [1.807, 2.05) is 23.1 Å². The minimum Gasteiger partial charge on any atom is -0.384 e. The average molecular weight is 356 g/mol. The quantitative estimate of drug-likeness (QED) is 0.670. The van der Waals surface area contributed by atoms with Crippen LogP contribution < -0.4 is 11.1 Å². The third kappa shape index (κ3) is 3.17. The summed E-state index contributed by atoms with van der Waals surface area (Å²) < 4.78 is 1.09. The number of piperidine rings is 1. The van der Waals surface area contributed by atoms with Gasteiger partial charge in [0.15, 0.2) is 0 Å². The first-order valence-electron chi connectivity index (χ1n) is 8.32. The molecule has 0 bridgehead atoms. The molecule has 0 aromatic carbocycles. The van der Waals surface area contributed by atoms with Gasteiger partial charge in [0.1, 0.15) is 5.82 Å². The summed E-state index contributed by atoms with van der Waals surface area (Å²) in [6.45, 7) is 3.21. The van der Waals surface area contributed by atoms with Crippen molar-refractivity contribution in [2.45, 2.75) is 25.8 Å². The number of nitrogens with one attached hydrogen (secondary N) is 2. The molecule has 0 radical (unpaired) electrons. The van der Waals surface area contributed by atoms with Crippen molar-refractivity contribution in [2.24, 2.45) is 0 Å². The number of likely N-dealkylation sites (tertiary alicyclic amines) is 1. The van der Waals surface area contributed by atoms with Gasteiger partial charge in [-0.3, -0.25) is 9.89 Å². The lowest BCUT2D eigenvalue weighted by atomic mass is 10.0. The van der Waals surface area contributed by atoms with Gasteiger partial charge in [0.25, 0.3) is 0 Å². The summed E-state index contributed by atoms with van der Waals surface area (Å²) in [5, 5.41) is 10.6. The molecule has 7 nitrogen and oxygen atoms in total. The molecule has 3 aromatic heterocycles. The van der Waals surface area contributed by atoms with E-state index < -0.39 is 0 Å². The molecule has 1 fully saturated rings. The third-order valence-corrected chi connectivity index (χ3v) is 5.76. The zero-order valence-corrected chi connectivity index (χ0v) is 14.8. The number of nitrogen functional groups attached to an aromatic ring is 1. The number of hydrogen-bond donors (Lipinski definition) is 3. The summed E-state index contributed by atoms with van der Waals surface area (Å²) in [4.78, 5) is 18.9. The fraction of sp³-hybridized carbons (Fsp3) is 0.353. The highest BCUT2D eigenvalue weighted by atomic mass is 32.1. The number of aromatic amines is 1. The highest BCUT2D eigenvalue weighted by Gasteiger charge is 2.21. The maximum absolute atomic E-state index is 11.5. The first-order valence-corrected chi connectivity index (χ1v) is 9.13. The number of amides is 1. The van der Waals surface area contributed by atoms with Crippen molar-refractivity contribution in [3.63, 3.8) is 0 Å². The van der Waals surface area contributed by atoms with E-state index in [1.54, 1.807) is 24.5 Å². The molecule has 0 aliphatic carbocycles. The lowest BCUT2D eigenvalue weighted by Gasteiger charge is -2.32. The normalized spacial score (nSPS) is 15.6. The Balaban J connectivity index is 1.60. The van der Waals surface area contributed by atoms with E-state index in [4.69, 9.17) is 5.73 Å². The first kappa shape index (κ1) is 15.9. The van der Waals surface area contributed by atoms with E-state index in [2.05, 4.69) is 20.5 Å². The number of aromatic nitrogens is 3. The van der Waals surface area contributed by atoms with E-state index in [0.717, 1.165) is 52.4 Å². The maximum Gasteiger partial charge on any atom is 0.219 e. The number of nitrogens with two attached hydrogens (primary N) is 1. The Bertz CT molecular complexity index is 895. The van der Waals surface area contributed by atoms with Crippen LogP contribution in [-0.2, 0) is 4.79 Å². The van der Waals surface area contributed by atoms with E-state index in [0.29, 0.717) is 11.9 Å². The molecule has 0 atom stereocenters. The van der Waals surface area contributed by atoms with Crippen molar-refractivity contribution in [2.75, 3.05) is 24.1 Å². The summed E-state index contributed by atoms with van der Waals surface area (Å²) in [6, 6.07) is 6.21. The number of rotatable bonds is 3. The Morgan fingerprint density at radius 1 is 1.40 bits per heavy atom. The lowest BCUT2D eigenvalue weighted by molar-refractivity contribution is -0.129. The highest BCUT2D eigenvalue weighted by Crippen LogP contribution is 2.37. The van der Waals surface area contributed by atoms with Gasteiger partial charge in [-0.05, 0) is 25.0 Å². The Labute approximate surface area is 149 Å². The van der Waals surface area contributed by atoms with Gasteiger partial charge in [-0.1, -0.05) is 0 Å². The van der Waals surface area contributed by atoms with Gasteiger partial charge in [-0.25, -0.2) is 4.98 Å². The summed E-state index contributed by atoms with van der Waals surface area (Å²) in [5.74, 6) is 0.654. The van der Waals surface area contributed by atoms with Crippen LogP contribution in [0, 0.1) is 0 Å². The number of fused-ring (bicyclic) bond motifs is 1. The van der Waals surface area contributed by atoms with Crippen molar-refractivity contribution in [1.82, 2.24) is 20.1 Å². The molecule has 4 heterocycles.